The number of carbonyl (C=O) groups is 2. The van der Waals surface area contributed by atoms with Gasteiger partial charge in [0.25, 0.3) is 0 Å². The fourth-order valence-corrected chi connectivity index (χ4v) is 3.63. The maximum atomic E-state index is 11.9. The van der Waals surface area contributed by atoms with E-state index < -0.39 is 0 Å². The predicted molar refractivity (Wildman–Crippen MR) is 165 cm³/mol. The highest BCUT2D eigenvalue weighted by molar-refractivity contribution is 5.75. The molecule has 0 fully saturated rings. The number of amides is 1. The lowest BCUT2D eigenvalue weighted by Crippen LogP contribution is -2.27. The molecule has 0 radical (unpaired) electrons. The van der Waals surface area contributed by atoms with Gasteiger partial charge < -0.3 is 24.3 Å². The van der Waals surface area contributed by atoms with Crippen LogP contribution in [0.15, 0.2) is 0 Å². The van der Waals surface area contributed by atoms with Crippen molar-refractivity contribution in [3.8, 4) is 0 Å². The van der Waals surface area contributed by atoms with Crippen LogP contribution >= 0.6 is 0 Å². The second kappa shape index (κ2) is 41.5. The standard InChI is InChI=1S/C28H55NO6.2C2H6/c1-3-4-5-6-7-8-9-10-11-12-13-14-15-16-28(31)29-18-20-33-22-24-35-26-25-34-23-21-32-19-17-27(2)30;2*1-2/h3-26H2,1-2H3,(H,29,31);2*1-2H3. The Balaban J connectivity index is -0.00000308. The van der Waals surface area contributed by atoms with E-state index in [1.807, 2.05) is 27.7 Å². The van der Waals surface area contributed by atoms with Crippen molar-refractivity contribution in [3.63, 3.8) is 0 Å². The smallest absolute Gasteiger partial charge is 0.220 e. The van der Waals surface area contributed by atoms with Gasteiger partial charge in [-0.1, -0.05) is 112 Å². The molecule has 0 unspecified atom stereocenters. The summed E-state index contributed by atoms with van der Waals surface area (Å²) < 4.78 is 21.5. The summed E-state index contributed by atoms with van der Waals surface area (Å²) in [6.45, 7) is 16.3. The van der Waals surface area contributed by atoms with Crippen LogP contribution in [0, 0.1) is 0 Å². The number of unbranched alkanes of at least 4 members (excludes halogenated alkanes) is 12. The quantitative estimate of drug-likeness (QED) is 0.0943. The van der Waals surface area contributed by atoms with Gasteiger partial charge in [-0.3, -0.25) is 9.59 Å². The second-order valence-corrected chi connectivity index (χ2v) is 9.24. The third-order valence-corrected chi connectivity index (χ3v) is 5.79. The Morgan fingerprint density at radius 3 is 1.26 bits per heavy atom. The zero-order valence-electron chi connectivity index (χ0n) is 26.9. The number of ether oxygens (including phenoxy) is 4. The van der Waals surface area contributed by atoms with Crippen molar-refractivity contribution >= 4 is 11.7 Å². The summed E-state index contributed by atoms with van der Waals surface area (Å²) >= 11 is 0. The molecule has 0 aliphatic rings. The minimum atomic E-state index is 0.121. The highest BCUT2D eigenvalue weighted by Gasteiger charge is 2.01. The summed E-state index contributed by atoms with van der Waals surface area (Å²) in [5.74, 6) is 0.254. The molecule has 0 saturated carbocycles. The van der Waals surface area contributed by atoms with Gasteiger partial charge in [0.1, 0.15) is 5.78 Å². The van der Waals surface area contributed by atoms with Crippen molar-refractivity contribution in [1.29, 1.82) is 0 Å². The summed E-state index contributed by atoms with van der Waals surface area (Å²) in [6, 6.07) is 0. The third kappa shape index (κ3) is 44.2. The minimum absolute atomic E-state index is 0.121. The molecule has 1 amide bonds. The van der Waals surface area contributed by atoms with Crippen LogP contribution in [0.1, 0.15) is 138 Å². The Morgan fingerprint density at radius 2 is 0.846 bits per heavy atom. The molecule has 0 aromatic heterocycles. The van der Waals surface area contributed by atoms with Crippen molar-refractivity contribution in [1.82, 2.24) is 5.32 Å². The topological polar surface area (TPSA) is 83.1 Å². The average Bonchev–Trinajstić information content (AvgIpc) is 2.95. The maximum Gasteiger partial charge on any atom is 0.220 e. The lowest BCUT2D eigenvalue weighted by molar-refractivity contribution is -0.121. The van der Waals surface area contributed by atoms with E-state index in [9.17, 15) is 9.59 Å². The van der Waals surface area contributed by atoms with Gasteiger partial charge in [0.2, 0.25) is 5.91 Å². The molecule has 236 valence electrons. The van der Waals surface area contributed by atoms with Gasteiger partial charge >= 0.3 is 0 Å². The molecule has 0 aliphatic heterocycles. The van der Waals surface area contributed by atoms with Crippen molar-refractivity contribution in [3.05, 3.63) is 0 Å². The predicted octanol–water partition coefficient (Wildman–Crippen LogP) is 7.68. The number of hydrogen-bond donors (Lipinski definition) is 1. The number of hydrogen-bond acceptors (Lipinski definition) is 6. The SMILES string of the molecule is CC.CC.CCCCCCCCCCCCCCCC(=O)NCCOCCOCCOCCOCCC(C)=O. The average molecular weight is 562 g/mol. The third-order valence-electron chi connectivity index (χ3n) is 5.79. The molecule has 0 atom stereocenters. The Kier molecular flexibility index (Phi) is 45.1. The highest BCUT2D eigenvalue weighted by Crippen LogP contribution is 2.12. The first-order valence-corrected chi connectivity index (χ1v) is 16.2. The zero-order valence-corrected chi connectivity index (χ0v) is 26.9. The highest BCUT2D eigenvalue weighted by atomic mass is 16.6. The van der Waals surface area contributed by atoms with Gasteiger partial charge in [0.05, 0.1) is 52.9 Å². The fraction of sp³-hybridized carbons (Fsp3) is 0.938. The van der Waals surface area contributed by atoms with Crippen LogP contribution in [0.5, 0.6) is 0 Å². The monoisotopic (exact) mass is 561 g/mol. The summed E-state index contributed by atoms with van der Waals surface area (Å²) in [7, 11) is 0. The molecular weight excluding hydrogens is 494 g/mol. The normalized spacial score (nSPS) is 10.3. The molecule has 7 nitrogen and oxygen atoms in total. The van der Waals surface area contributed by atoms with E-state index in [1.165, 1.54) is 70.6 Å². The van der Waals surface area contributed by atoms with E-state index in [0.29, 0.717) is 72.2 Å². The molecule has 0 saturated heterocycles. The first-order chi connectivity index (χ1) is 19.2. The molecule has 0 bridgehead atoms. The molecule has 7 heteroatoms. The molecule has 0 aromatic carbocycles. The van der Waals surface area contributed by atoms with E-state index in [-0.39, 0.29) is 11.7 Å². The number of rotatable bonds is 29. The van der Waals surface area contributed by atoms with E-state index in [4.69, 9.17) is 18.9 Å². The molecule has 1 N–H and O–H groups in total. The van der Waals surface area contributed by atoms with E-state index in [1.54, 1.807) is 6.92 Å². The Bertz CT molecular complexity index is 462. The first kappa shape index (κ1) is 42.4. The molecular formula is C32H67NO6. The molecule has 0 spiro atoms. The van der Waals surface area contributed by atoms with Crippen LogP contribution in [0.4, 0.5) is 0 Å². The van der Waals surface area contributed by atoms with Gasteiger partial charge in [0, 0.05) is 19.4 Å². The van der Waals surface area contributed by atoms with Gasteiger partial charge in [-0.05, 0) is 13.3 Å². The Hall–Kier alpha value is -1.02. The van der Waals surface area contributed by atoms with E-state index in [2.05, 4.69) is 12.2 Å². The van der Waals surface area contributed by atoms with Crippen molar-refractivity contribution in [2.75, 3.05) is 59.4 Å². The van der Waals surface area contributed by atoms with Gasteiger partial charge in [-0.15, -0.1) is 0 Å². The minimum Gasteiger partial charge on any atom is -0.379 e. The summed E-state index contributed by atoms with van der Waals surface area (Å²) in [5, 5.41) is 2.92. The first-order valence-electron chi connectivity index (χ1n) is 16.2. The van der Waals surface area contributed by atoms with Crippen molar-refractivity contribution in [2.24, 2.45) is 0 Å². The summed E-state index contributed by atoms with van der Waals surface area (Å²) in [5.41, 5.74) is 0. The van der Waals surface area contributed by atoms with Gasteiger partial charge in [0.15, 0.2) is 0 Å². The molecule has 0 aromatic rings. The number of nitrogens with one attached hydrogen (secondary N) is 1. The van der Waals surface area contributed by atoms with E-state index >= 15 is 0 Å². The fourth-order valence-electron chi connectivity index (χ4n) is 3.63. The zero-order chi connectivity index (χ0) is 29.7. The Morgan fingerprint density at radius 1 is 0.487 bits per heavy atom. The molecule has 0 rings (SSSR count). The van der Waals surface area contributed by atoms with Crippen LogP contribution in [-0.4, -0.2) is 71.1 Å². The van der Waals surface area contributed by atoms with Crippen molar-refractivity contribution in [2.45, 2.75) is 138 Å². The largest absolute Gasteiger partial charge is 0.379 e. The number of ketones is 1. The Labute approximate surface area is 242 Å². The van der Waals surface area contributed by atoms with Crippen LogP contribution < -0.4 is 5.32 Å². The van der Waals surface area contributed by atoms with Crippen LogP contribution in [0.25, 0.3) is 0 Å². The number of carbonyl (C=O) groups excluding carboxylic acids is 2. The lowest BCUT2D eigenvalue weighted by atomic mass is 10.0. The summed E-state index contributed by atoms with van der Waals surface area (Å²) in [4.78, 5) is 22.6. The molecule has 39 heavy (non-hydrogen) atoms. The summed E-state index contributed by atoms with van der Waals surface area (Å²) in [6.07, 6.45) is 18.2. The van der Waals surface area contributed by atoms with Gasteiger partial charge in [-0.2, -0.15) is 0 Å². The van der Waals surface area contributed by atoms with Crippen LogP contribution in [0.2, 0.25) is 0 Å². The van der Waals surface area contributed by atoms with Crippen LogP contribution in [0.3, 0.4) is 0 Å². The molecule has 0 heterocycles. The second-order valence-electron chi connectivity index (χ2n) is 9.24. The lowest BCUT2D eigenvalue weighted by Gasteiger charge is -2.08. The molecule has 0 aliphatic carbocycles. The van der Waals surface area contributed by atoms with E-state index in [0.717, 1.165) is 12.8 Å². The maximum absolute atomic E-state index is 11.9. The van der Waals surface area contributed by atoms with Crippen molar-refractivity contribution < 1.29 is 28.5 Å². The van der Waals surface area contributed by atoms with Crippen LogP contribution in [-0.2, 0) is 28.5 Å². The van der Waals surface area contributed by atoms with Gasteiger partial charge in [-0.25, -0.2) is 0 Å². The number of Topliss-reactive ketones (excluding diaryl/α,β-unsaturated/α-hetero) is 1.